The van der Waals surface area contributed by atoms with Gasteiger partial charge in [0.15, 0.2) is 0 Å². The van der Waals surface area contributed by atoms with Crippen molar-refractivity contribution in [3.05, 3.63) is 78.4 Å². The lowest BCUT2D eigenvalue weighted by Gasteiger charge is -2.17. The van der Waals surface area contributed by atoms with Gasteiger partial charge in [0, 0.05) is 38.0 Å². The lowest BCUT2D eigenvalue weighted by atomic mass is 10.1. The summed E-state index contributed by atoms with van der Waals surface area (Å²) >= 11 is 0. The second-order valence-electron chi connectivity index (χ2n) is 6.18. The highest BCUT2D eigenvalue weighted by molar-refractivity contribution is 5.94. The number of carbonyl (C=O) groups is 1. The molecule has 2 aromatic carbocycles. The zero-order valence-electron chi connectivity index (χ0n) is 14.5. The zero-order valence-corrected chi connectivity index (χ0v) is 14.5. The Bertz CT molecular complexity index is 1000. The van der Waals surface area contributed by atoms with Gasteiger partial charge in [0.1, 0.15) is 5.82 Å². The normalized spacial score (nSPS) is 11.0. The van der Waals surface area contributed by atoms with Gasteiger partial charge >= 0.3 is 0 Å². The number of imidazole rings is 1. The second kappa shape index (κ2) is 6.84. The highest BCUT2D eigenvalue weighted by atomic mass is 16.2. The van der Waals surface area contributed by atoms with E-state index in [9.17, 15) is 4.79 Å². The molecule has 6 heteroatoms. The fourth-order valence-corrected chi connectivity index (χ4v) is 2.92. The maximum Gasteiger partial charge on any atom is 0.253 e. The highest BCUT2D eigenvalue weighted by Crippen LogP contribution is 2.13. The first-order valence-corrected chi connectivity index (χ1v) is 8.50. The molecule has 1 amide bonds. The van der Waals surface area contributed by atoms with E-state index in [1.807, 2.05) is 67.8 Å². The minimum Gasteiger partial charge on any atom is -0.342 e. The third-order valence-electron chi connectivity index (χ3n) is 4.33. The average molecular weight is 345 g/mol. The Morgan fingerprint density at radius 3 is 2.85 bits per heavy atom. The molecule has 0 aliphatic rings. The van der Waals surface area contributed by atoms with E-state index in [-0.39, 0.29) is 5.91 Å². The molecule has 0 saturated heterocycles. The molecule has 0 bridgehead atoms. The van der Waals surface area contributed by atoms with Gasteiger partial charge in [0.2, 0.25) is 0 Å². The molecular formula is C20H19N5O. The van der Waals surface area contributed by atoms with Crippen LogP contribution >= 0.6 is 0 Å². The molecule has 0 radical (unpaired) electrons. The SMILES string of the molecule is CN(CCc1nc2ccccc2[nH]1)C(=O)c1cccc(-n2cccn2)c1. The largest absolute Gasteiger partial charge is 0.342 e. The van der Waals surface area contributed by atoms with Crippen molar-refractivity contribution in [1.82, 2.24) is 24.6 Å². The van der Waals surface area contributed by atoms with Crippen LogP contribution in [0.3, 0.4) is 0 Å². The number of amides is 1. The molecule has 2 aromatic heterocycles. The smallest absolute Gasteiger partial charge is 0.253 e. The van der Waals surface area contributed by atoms with Crippen LogP contribution in [-0.2, 0) is 6.42 Å². The van der Waals surface area contributed by atoms with Crippen LogP contribution in [0.5, 0.6) is 0 Å². The van der Waals surface area contributed by atoms with Crippen molar-refractivity contribution in [2.45, 2.75) is 6.42 Å². The van der Waals surface area contributed by atoms with Gasteiger partial charge in [-0.15, -0.1) is 0 Å². The van der Waals surface area contributed by atoms with Crippen molar-refractivity contribution in [3.8, 4) is 5.69 Å². The Labute approximate surface area is 151 Å². The molecule has 0 aliphatic carbocycles. The molecule has 2 heterocycles. The number of aromatic nitrogens is 4. The predicted molar refractivity (Wildman–Crippen MR) is 100 cm³/mol. The third-order valence-corrected chi connectivity index (χ3v) is 4.33. The summed E-state index contributed by atoms with van der Waals surface area (Å²) in [6.45, 7) is 0.588. The molecule has 0 spiro atoms. The number of nitrogens with zero attached hydrogens (tertiary/aromatic N) is 4. The standard InChI is InChI=1S/C20H19N5O/c1-24(13-10-19-22-17-8-2-3-9-18(17)23-19)20(26)15-6-4-7-16(14-15)25-12-5-11-21-25/h2-9,11-12,14H,10,13H2,1H3,(H,22,23). The summed E-state index contributed by atoms with van der Waals surface area (Å²) in [5.41, 5.74) is 3.48. The van der Waals surface area contributed by atoms with E-state index in [0.717, 1.165) is 22.5 Å². The quantitative estimate of drug-likeness (QED) is 0.604. The molecule has 0 unspecified atom stereocenters. The lowest BCUT2D eigenvalue weighted by molar-refractivity contribution is 0.0796. The first kappa shape index (κ1) is 16.1. The molecule has 0 fully saturated rings. The Kier molecular flexibility index (Phi) is 4.23. The molecule has 6 nitrogen and oxygen atoms in total. The number of H-pyrrole nitrogens is 1. The Morgan fingerprint density at radius 1 is 1.15 bits per heavy atom. The minimum absolute atomic E-state index is 0.0184. The second-order valence-corrected chi connectivity index (χ2v) is 6.18. The van der Waals surface area contributed by atoms with E-state index >= 15 is 0 Å². The monoisotopic (exact) mass is 345 g/mol. The van der Waals surface area contributed by atoms with Gasteiger partial charge in [-0.25, -0.2) is 9.67 Å². The van der Waals surface area contributed by atoms with Crippen LogP contribution in [0.15, 0.2) is 67.0 Å². The van der Waals surface area contributed by atoms with Crippen molar-refractivity contribution in [3.63, 3.8) is 0 Å². The van der Waals surface area contributed by atoms with E-state index < -0.39 is 0 Å². The maximum absolute atomic E-state index is 12.7. The summed E-state index contributed by atoms with van der Waals surface area (Å²) in [6, 6.07) is 17.3. The van der Waals surface area contributed by atoms with Crippen molar-refractivity contribution < 1.29 is 4.79 Å². The fraction of sp³-hybridized carbons (Fsp3) is 0.150. The van der Waals surface area contributed by atoms with Crippen molar-refractivity contribution in [2.75, 3.05) is 13.6 Å². The summed E-state index contributed by atoms with van der Waals surface area (Å²) < 4.78 is 1.74. The number of para-hydroxylation sites is 2. The Morgan fingerprint density at radius 2 is 2.04 bits per heavy atom. The van der Waals surface area contributed by atoms with Crippen LogP contribution in [0.4, 0.5) is 0 Å². The third kappa shape index (κ3) is 3.21. The van der Waals surface area contributed by atoms with Crippen LogP contribution in [0.1, 0.15) is 16.2 Å². The van der Waals surface area contributed by atoms with Crippen molar-refractivity contribution >= 4 is 16.9 Å². The zero-order chi connectivity index (χ0) is 17.9. The molecule has 1 N–H and O–H groups in total. The van der Waals surface area contributed by atoms with Gasteiger partial charge in [-0.3, -0.25) is 4.79 Å². The predicted octanol–water partition coefficient (Wildman–Crippen LogP) is 3.06. The van der Waals surface area contributed by atoms with Gasteiger partial charge in [-0.2, -0.15) is 5.10 Å². The number of rotatable bonds is 5. The minimum atomic E-state index is -0.0184. The van der Waals surface area contributed by atoms with Gasteiger partial charge in [0.05, 0.1) is 16.7 Å². The van der Waals surface area contributed by atoms with Crippen LogP contribution < -0.4 is 0 Å². The number of aromatic amines is 1. The van der Waals surface area contributed by atoms with Crippen molar-refractivity contribution in [2.24, 2.45) is 0 Å². The number of hydrogen-bond donors (Lipinski definition) is 1. The Balaban J connectivity index is 1.45. The summed E-state index contributed by atoms with van der Waals surface area (Å²) in [5, 5.41) is 4.21. The number of likely N-dealkylation sites (N-methyl/N-ethyl adjacent to an activating group) is 1. The summed E-state index contributed by atoms with van der Waals surface area (Å²) in [4.78, 5) is 22.3. The molecule has 4 aromatic rings. The van der Waals surface area contributed by atoms with E-state index in [2.05, 4.69) is 15.1 Å². The number of benzene rings is 2. The molecule has 0 aliphatic heterocycles. The van der Waals surface area contributed by atoms with E-state index in [1.165, 1.54) is 0 Å². The van der Waals surface area contributed by atoms with Crippen LogP contribution in [0.2, 0.25) is 0 Å². The van der Waals surface area contributed by atoms with Crippen LogP contribution in [0, 0.1) is 0 Å². The van der Waals surface area contributed by atoms with Gasteiger partial charge in [-0.1, -0.05) is 18.2 Å². The number of fused-ring (bicyclic) bond motifs is 1. The first-order chi connectivity index (χ1) is 12.7. The van der Waals surface area contributed by atoms with Crippen LogP contribution in [0.25, 0.3) is 16.7 Å². The first-order valence-electron chi connectivity index (χ1n) is 8.50. The molecular weight excluding hydrogens is 326 g/mol. The summed E-state index contributed by atoms with van der Waals surface area (Å²) in [5.74, 6) is 0.867. The van der Waals surface area contributed by atoms with E-state index in [4.69, 9.17) is 0 Å². The van der Waals surface area contributed by atoms with E-state index in [1.54, 1.807) is 15.8 Å². The molecule has 26 heavy (non-hydrogen) atoms. The number of nitrogens with one attached hydrogen (secondary N) is 1. The Hall–Kier alpha value is -3.41. The lowest BCUT2D eigenvalue weighted by Crippen LogP contribution is -2.29. The summed E-state index contributed by atoms with van der Waals surface area (Å²) in [7, 11) is 1.81. The summed E-state index contributed by atoms with van der Waals surface area (Å²) in [6.07, 6.45) is 4.25. The average Bonchev–Trinajstić information content (AvgIpc) is 3.35. The molecule has 0 atom stereocenters. The molecule has 0 saturated carbocycles. The van der Waals surface area contributed by atoms with E-state index in [0.29, 0.717) is 18.5 Å². The van der Waals surface area contributed by atoms with Crippen LogP contribution in [-0.4, -0.2) is 44.1 Å². The molecule has 130 valence electrons. The van der Waals surface area contributed by atoms with Gasteiger partial charge < -0.3 is 9.88 Å². The number of carbonyl (C=O) groups excluding carboxylic acids is 1. The number of hydrogen-bond acceptors (Lipinski definition) is 3. The van der Waals surface area contributed by atoms with Crippen molar-refractivity contribution in [1.29, 1.82) is 0 Å². The fourth-order valence-electron chi connectivity index (χ4n) is 2.92. The highest BCUT2D eigenvalue weighted by Gasteiger charge is 2.13. The topological polar surface area (TPSA) is 66.8 Å². The molecule has 4 rings (SSSR count). The maximum atomic E-state index is 12.7. The van der Waals surface area contributed by atoms with Gasteiger partial charge in [0.25, 0.3) is 5.91 Å². The van der Waals surface area contributed by atoms with Gasteiger partial charge in [-0.05, 0) is 36.4 Å².